The largest absolute Gasteiger partial charge is 0.454 e. The zero-order valence-corrected chi connectivity index (χ0v) is 16.9. The molecule has 0 aliphatic carbocycles. The van der Waals surface area contributed by atoms with Crippen LogP contribution in [0.1, 0.15) is 24.3 Å². The molecule has 0 aliphatic heterocycles. The first-order valence-electron chi connectivity index (χ1n) is 8.92. The van der Waals surface area contributed by atoms with Crippen molar-refractivity contribution in [1.29, 1.82) is 0 Å². The first kappa shape index (κ1) is 21.2. The standard InChI is InChI=1S/C21H18ClFN4O3/c1-11(20(24)29)25-19-10-17(12(2)28)26-21(27-19)13-3-6-15(7-4-13)30-18-9-14(22)5-8-16(18)23/h3-11H,1-2H3,(H2,24,29)(H,25,26,27)/t11-/m0/s1. The number of carbonyl (C=O) groups excluding carboxylic acids is 2. The summed E-state index contributed by atoms with van der Waals surface area (Å²) in [6.07, 6.45) is 0. The Morgan fingerprint density at radius 3 is 2.47 bits per heavy atom. The molecule has 30 heavy (non-hydrogen) atoms. The highest BCUT2D eigenvalue weighted by atomic mass is 35.5. The molecule has 1 atom stereocenters. The van der Waals surface area contributed by atoms with Crippen molar-refractivity contribution in [2.45, 2.75) is 19.9 Å². The second kappa shape index (κ2) is 8.87. The maximum Gasteiger partial charge on any atom is 0.239 e. The third-order valence-electron chi connectivity index (χ3n) is 4.11. The molecule has 0 saturated heterocycles. The van der Waals surface area contributed by atoms with Crippen molar-refractivity contribution in [1.82, 2.24) is 9.97 Å². The van der Waals surface area contributed by atoms with E-state index in [-0.39, 0.29) is 28.9 Å². The van der Waals surface area contributed by atoms with Crippen LogP contribution in [0.15, 0.2) is 48.5 Å². The molecular formula is C21H18ClFN4O3. The number of Topliss-reactive ketones (excluding diaryl/α,β-unsaturated/α-hetero) is 1. The van der Waals surface area contributed by atoms with Crippen molar-refractivity contribution in [3.63, 3.8) is 0 Å². The number of ketones is 1. The normalized spacial score (nSPS) is 11.6. The molecule has 0 radical (unpaired) electrons. The van der Waals surface area contributed by atoms with Crippen LogP contribution in [0.4, 0.5) is 10.2 Å². The summed E-state index contributed by atoms with van der Waals surface area (Å²) in [7, 11) is 0. The molecule has 0 spiro atoms. The smallest absolute Gasteiger partial charge is 0.239 e. The highest BCUT2D eigenvalue weighted by Gasteiger charge is 2.14. The second-order valence-electron chi connectivity index (χ2n) is 6.49. The lowest BCUT2D eigenvalue weighted by Crippen LogP contribution is -2.32. The fourth-order valence-corrected chi connectivity index (χ4v) is 2.64. The number of carbonyl (C=O) groups is 2. The van der Waals surface area contributed by atoms with E-state index < -0.39 is 17.8 Å². The number of aromatic nitrogens is 2. The fourth-order valence-electron chi connectivity index (χ4n) is 2.48. The van der Waals surface area contributed by atoms with Crippen molar-refractivity contribution in [3.8, 4) is 22.9 Å². The second-order valence-corrected chi connectivity index (χ2v) is 6.92. The summed E-state index contributed by atoms with van der Waals surface area (Å²) in [6, 6.07) is 11.3. The van der Waals surface area contributed by atoms with Crippen molar-refractivity contribution in [3.05, 3.63) is 65.1 Å². The van der Waals surface area contributed by atoms with Gasteiger partial charge in [0.05, 0.1) is 0 Å². The van der Waals surface area contributed by atoms with E-state index in [2.05, 4.69) is 15.3 Å². The molecule has 1 aromatic heterocycles. The van der Waals surface area contributed by atoms with Crippen LogP contribution in [0.5, 0.6) is 11.5 Å². The van der Waals surface area contributed by atoms with Crippen LogP contribution < -0.4 is 15.8 Å². The minimum Gasteiger partial charge on any atom is -0.454 e. The van der Waals surface area contributed by atoms with Gasteiger partial charge in [0.25, 0.3) is 0 Å². The van der Waals surface area contributed by atoms with Crippen molar-refractivity contribution in [2.24, 2.45) is 5.73 Å². The molecule has 3 N–H and O–H groups in total. The highest BCUT2D eigenvalue weighted by molar-refractivity contribution is 6.30. The van der Waals surface area contributed by atoms with E-state index in [1.807, 2.05) is 0 Å². The molecule has 0 unspecified atom stereocenters. The molecule has 0 aliphatic rings. The van der Waals surface area contributed by atoms with Crippen LogP contribution in [0.3, 0.4) is 0 Å². The summed E-state index contributed by atoms with van der Waals surface area (Å²) >= 11 is 5.87. The molecule has 3 aromatic rings. The summed E-state index contributed by atoms with van der Waals surface area (Å²) in [5.41, 5.74) is 6.04. The van der Waals surface area contributed by atoms with Gasteiger partial charge in [0.1, 0.15) is 23.3 Å². The Labute approximate surface area is 177 Å². The SMILES string of the molecule is CC(=O)c1cc(N[C@@H](C)C(N)=O)nc(-c2ccc(Oc3cc(Cl)ccc3F)cc2)n1. The number of nitrogens with zero attached hydrogens (tertiary/aromatic N) is 2. The fraction of sp³-hybridized carbons (Fsp3) is 0.143. The highest BCUT2D eigenvalue weighted by Crippen LogP contribution is 2.29. The number of nitrogens with one attached hydrogen (secondary N) is 1. The van der Waals surface area contributed by atoms with Crippen molar-refractivity contribution in [2.75, 3.05) is 5.32 Å². The molecule has 0 bridgehead atoms. The number of hydrogen-bond donors (Lipinski definition) is 2. The van der Waals surface area contributed by atoms with E-state index in [9.17, 15) is 14.0 Å². The van der Waals surface area contributed by atoms with Gasteiger partial charge in [0, 0.05) is 29.6 Å². The zero-order valence-electron chi connectivity index (χ0n) is 16.1. The van der Waals surface area contributed by atoms with Crippen LogP contribution in [-0.2, 0) is 4.79 Å². The first-order valence-corrected chi connectivity index (χ1v) is 9.30. The van der Waals surface area contributed by atoms with Crippen molar-refractivity contribution < 1.29 is 18.7 Å². The Morgan fingerprint density at radius 1 is 1.13 bits per heavy atom. The van der Waals surface area contributed by atoms with Crippen LogP contribution in [-0.4, -0.2) is 27.7 Å². The van der Waals surface area contributed by atoms with Crippen LogP contribution in [0.25, 0.3) is 11.4 Å². The van der Waals surface area contributed by atoms with Gasteiger partial charge in [-0.25, -0.2) is 14.4 Å². The Morgan fingerprint density at radius 2 is 1.83 bits per heavy atom. The lowest BCUT2D eigenvalue weighted by atomic mass is 10.2. The minimum absolute atomic E-state index is 0.00278. The van der Waals surface area contributed by atoms with Gasteiger partial charge in [0.2, 0.25) is 5.91 Å². The summed E-state index contributed by atoms with van der Waals surface area (Å²) in [6.45, 7) is 2.96. The summed E-state index contributed by atoms with van der Waals surface area (Å²) in [5, 5.41) is 3.20. The molecule has 1 amide bonds. The van der Waals surface area contributed by atoms with E-state index in [1.165, 1.54) is 31.2 Å². The Bertz CT molecular complexity index is 1110. The summed E-state index contributed by atoms with van der Waals surface area (Å²) in [4.78, 5) is 31.8. The van der Waals surface area contributed by atoms with Gasteiger partial charge in [-0.3, -0.25) is 9.59 Å². The number of anilines is 1. The molecule has 3 rings (SSSR count). The first-order chi connectivity index (χ1) is 14.2. The molecule has 0 saturated carbocycles. The number of rotatable bonds is 7. The van der Waals surface area contributed by atoms with Gasteiger partial charge >= 0.3 is 0 Å². The molecule has 2 aromatic carbocycles. The van der Waals surface area contributed by atoms with E-state index in [0.29, 0.717) is 16.3 Å². The number of nitrogens with two attached hydrogens (primary N) is 1. The number of primary amides is 1. The average Bonchev–Trinajstić information content (AvgIpc) is 2.71. The maximum absolute atomic E-state index is 13.8. The Balaban J connectivity index is 1.89. The number of hydrogen-bond acceptors (Lipinski definition) is 6. The predicted octanol–water partition coefficient (Wildman–Crippen LogP) is 4.22. The topological polar surface area (TPSA) is 107 Å². The van der Waals surface area contributed by atoms with Gasteiger partial charge in [-0.05, 0) is 43.3 Å². The van der Waals surface area contributed by atoms with Crippen LogP contribution in [0, 0.1) is 5.82 Å². The average molecular weight is 429 g/mol. The van der Waals surface area contributed by atoms with Gasteiger partial charge in [-0.15, -0.1) is 0 Å². The summed E-state index contributed by atoms with van der Waals surface area (Å²) < 4.78 is 19.4. The summed E-state index contributed by atoms with van der Waals surface area (Å²) in [5.74, 6) is -0.431. The third kappa shape index (κ3) is 5.09. The minimum atomic E-state index is -0.684. The maximum atomic E-state index is 13.8. The third-order valence-corrected chi connectivity index (χ3v) is 4.35. The quantitative estimate of drug-likeness (QED) is 0.545. The molecular weight excluding hydrogens is 411 g/mol. The Kier molecular flexibility index (Phi) is 6.27. The van der Waals surface area contributed by atoms with E-state index >= 15 is 0 Å². The molecule has 7 nitrogen and oxygen atoms in total. The zero-order chi connectivity index (χ0) is 21.8. The number of halogens is 2. The molecule has 1 heterocycles. The number of amides is 1. The molecule has 9 heteroatoms. The van der Waals surface area contributed by atoms with E-state index in [1.54, 1.807) is 31.2 Å². The molecule has 0 fully saturated rings. The van der Waals surface area contributed by atoms with Gasteiger partial charge in [0.15, 0.2) is 23.2 Å². The number of benzene rings is 2. The van der Waals surface area contributed by atoms with Crippen LogP contribution >= 0.6 is 11.6 Å². The molecule has 154 valence electrons. The predicted molar refractivity (Wildman–Crippen MR) is 111 cm³/mol. The monoisotopic (exact) mass is 428 g/mol. The van der Waals surface area contributed by atoms with Gasteiger partial charge < -0.3 is 15.8 Å². The number of ether oxygens (including phenoxy) is 1. The van der Waals surface area contributed by atoms with Gasteiger partial charge in [-0.2, -0.15) is 0 Å². The van der Waals surface area contributed by atoms with E-state index in [0.717, 1.165) is 0 Å². The van der Waals surface area contributed by atoms with E-state index in [4.69, 9.17) is 22.1 Å². The lowest BCUT2D eigenvalue weighted by Gasteiger charge is -2.13. The Hall–Kier alpha value is -3.52. The van der Waals surface area contributed by atoms with Gasteiger partial charge in [-0.1, -0.05) is 11.6 Å². The van der Waals surface area contributed by atoms with Crippen LogP contribution in [0.2, 0.25) is 5.02 Å². The van der Waals surface area contributed by atoms with Crippen molar-refractivity contribution >= 4 is 29.1 Å². The lowest BCUT2D eigenvalue weighted by molar-refractivity contribution is -0.118.